The molecular weight excluding hydrogens is 236 g/mol. The first kappa shape index (κ1) is 13.6. The van der Waals surface area contributed by atoms with Crippen LogP contribution in [0.1, 0.15) is 28.8 Å². The van der Waals surface area contributed by atoms with E-state index >= 15 is 0 Å². The molecule has 92 valence electrons. The molecule has 0 spiro atoms. The largest absolute Gasteiger partial charge is 0.337 e. The number of nitrogens with two attached hydrogens (primary N) is 1. The fraction of sp³-hybridized carbons (Fsp3) is 0.545. The van der Waals surface area contributed by atoms with Crippen LogP contribution in [0.25, 0.3) is 0 Å². The van der Waals surface area contributed by atoms with Gasteiger partial charge >= 0.3 is 0 Å². The molecule has 1 unspecified atom stereocenters. The zero-order valence-corrected chi connectivity index (χ0v) is 10.8. The maximum atomic E-state index is 12.0. The molecule has 1 aromatic rings. The fourth-order valence-corrected chi connectivity index (χ4v) is 2.09. The predicted octanol–water partition coefficient (Wildman–Crippen LogP) is 1.02. The normalized spacial score (nSPS) is 11.9. The van der Waals surface area contributed by atoms with Gasteiger partial charge in [0.15, 0.2) is 0 Å². The van der Waals surface area contributed by atoms with Crippen LogP contribution in [-0.4, -0.2) is 35.4 Å². The number of aromatic nitrogens is 1. The predicted molar refractivity (Wildman–Crippen MR) is 66.7 cm³/mol. The summed E-state index contributed by atoms with van der Waals surface area (Å²) in [7, 11) is 1.69. The minimum Gasteiger partial charge on any atom is -0.337 e. The van der Waals surface area contributed by atoms with Crippen molar-refractivity contribution in [2.45, 2.75) is 25.8 Å². The molecule has 0 aliphatic rings. The summed E-state index contributed by atoms with van der Waals surface area (Å²) in [4.78, 5) is 17.8. The molecule has 0 aliphatic heterocycles. The maximum absolute atomic E-state index is 12.0. The van der Waals surface area contributed by atoms with Gasteiger partial charge in [-0.25, -0.2) is 4.98 Å². The third kappa shape index (κ3) is 3.51. The van der Waals surface area contributed by atoms with Crippen molar-refractivity contribution in [3.63, 3.8) is 0 Å². The highest BCUT2D eigenvalue weighted by molar-refractivity contribution is 7.09. The smallest absolute Gasteiger partial charge is 0.273 e. The number of thiazole rings is 1. The lowest BCUT2D eigenvalue weighted by atomic mass is 10.2. The second kappa shape index (κ2) is 6.33. The van der Waals surface area contributed by atoms with E-state index in [1.165, 1.54) is 11.3 Å². The SMILES string of the molecule is CC(CC#N)N(C)C(=O)c1csc(CCN)n1. The van der Waals surface area contributed by atoms with Crippen LogP contribution in [0.3, 0.4) is 0 Å². The number of carbonyl (C=O) groups excluding carboxylic acids is 1. The zero-order valence-electron chi connectivity index (χ0n) is 10.0. The molecule has 0 saturated carbocycles. The van der Waals surface area contributed by atoms with E-state index in [2.05, 4.69) is 11.1 Å². The molecule has 1 amide bonds. The van der Waals surface area contributed by atoms with Gasteiger partial charge in [0, 0.05) is 24.9 Å². The highest BCUT2D eigenvalue weighted by atomic mass is 32.1. The van der Waals surface area contributed by atoms with Crippen molar-refractivity contribution in [2.75, 3.05) is 13.6 Å². The van der Waals surface area contributed by atoms with Gasteiger partial charge in [-0.3, -0.25) is 4.79 Å². The molecule has 1 heterocycles. The van der Waals surface area contributed by atoms with Crippen LogP contribution in [-0.2, 0) is 6.42 Å². The minimum absolute atomic E-state index is 0.104. The summed E-state index contributed by atoms with van der Waals surface area (Å²) in [5, 5.41) is 11.2. The van der Waals surface area contributed by atoms with Crippen molar-refractivity contribution in [2.24, 2.45) is 5.73 Å². The van der Waals surface area contributed by atoms with Gasteiger partial charge < -0.3 is 10.6 Å². The van der Waals surface area contributed by atoms with Gasteiger partial charge in [-0.2, -0.15) is 5.26 Å². The minimum atomic E-state index is -0.146. The van der Waals surface area contributed by atoms with Crippen molar-refractivity contribution < 1.29 is 4.79 Å². The molecule has 1 rings (SSSR count). The van der Waals surface area contributed by atoms with Crippen LogP contribution in [0.4, 0.5) is 0 Å². The van der Waals surface area contributed by atoms with E-state index in [1.54, 1.807) is 17.3 Å². The Labute approximate surface area is 105 Å². The number of nitrogens with zero attached hydrogens (tertiary/aromatic N) is 3. The van der Waals surface area contributed by atoms with E-state index in [1.807, 2.05) is 6.92 Å². The van der Waals surface area contributed by atoms with Crippen LogP contribution >= 0.6 is 11.3 Å². The summed E-state index contributed by atoms with van der Waals surface area (Å²) in [6.45, 7) is 2.37. The summed E-state index contributed by atoms with van der Waals surface area (Å²) >= 11 is 1.44. The van der Waals surface area contributed by atoms with E-state index < -0.39 is 0 Å². The monoisotopic (exact) mass is 252 g/mol. The number of hydrogen-bond donors (Lipinski definition) is 1. The first-order valence-corrected chi connectivity index (χ1v) is 6.26. The summed E-state index contributed by atoms with van der Waals surface area (Å²) in [5.41, 5.74) is 5.86. The molecule has 0 radical (unpaired) electrons. The van der Waals surface area contributed by atoms with Crippen molar-refractivity contribution in [1.82, 2.24) is 9.88 Å². The highest BCUT2D eigenvalue weighted by Gasteiger charge is 2.19. The van der Waals surface area contributed by atoms with Crippen molar-refractivity contribution in [3.8, 4) is 6.07 Å². The number of hydrogen-bond acceptors (Lipinski definition) is 5. The Morgan fingerprint density at radius 2 is 2.47 bits per heavy atom. The van der Waals surface area contributed by atoms with Crippen LogP contribution in [0.15, 0.2) is 5.38 Å². The number of rotatable bonds is 5. The highest BCUT2D eigenvalue weighted by Crippen LogP contribution is 2.13. The van der Waals surface area contributed by atoms with E-state index in [4.69, 9.17) is 11.0 Å². The van der Waals surface area contributed by atoms with Crippen LogP contribution in [0.2, 0.25) is 0 Å². The molecule has 0 bridgehead atoms. The Bertz CT molecular complexity index is 423. The molecule has 0 aromatic carbocycles. The third-order valence-corrected chi connectivity index (χ3v) is 3.41. The molecule has 17 heavy (non-hydrogen) atoms. The van der Waals surface area contributed by atoms with Gasteiger partial charge in [0.25, 0.3) is 5.91 Å². The summed E-state index contributed by atoms with van der Waals surface area (Å²) in [6, 6.07) is 1.95. The summed E-state index contributed by atoms with van der Waals surface area (Å²) in [5.74, 6) is -0.146. The number of nitriles is 1. The van der Waals surface area contributed by atoms with E-state index in [0.717, 1.165) is 5.01 Å². The van der Waals surface area contributed by atoms with Crippen molar-refractivity contribution in [1.29, 1.82) is 5.26 Å². The lowest BCUT2D eigenvalue weighted by molar-refractivity contribution is 0.0741. The van der Waals surface area contributed by atoms with Gasteiger partial charge in [-0.05, 0) is 13.5 Å². The van der Waals surface area contributed by atoms with E-state index in [-0.39, 0.29) is 11.9 Å². The Kier molecular flexibility index (Phi) is 5.07. The molecule has 2 N–H and O–H groups in total. The van der Waals surface area contributed by atoms with E-state index in [9.17, 15) is 4.79 Å². The van der Waals surface area contributed by atoms with Crippen molar-refractivity contribution in [3.05, 3.63) is 16.1 Å². The second-order valence-electron chi connectivity index (χ2n) is 3.79. The topological polar surface area (TPSA) is 83.0 Å². The Morgan fingerprint density at radius 1 is 1.76 bits per heavy atom. The van der Waals surface area contributed by atoms with Crippen molar-refractivity contribution >= 4 is 17.2 Å². The molecule has 0 saturated heterocycles. The Hall–Kier alpha value is -1.45. The molecule has 1 aromatic heterocycles. The fourth-order valence-electron chi connectivity index (χ4n) is 1.30. The van der Waals surface area contributed by atoms with Gasteiger partial charge in [0.05, 0.1) is 17.5 Å². The lowest BCUT2D eigenvalue weighted by Gasteiger charge is -2.21. The van der Waals surface area contributed by atoms with Gasteiger partial charge in [0.1, 0.15) is 5.69 Å². The molecular formula is C11H16N4OS. The third-order valence-electron chi connectivity index (χ3n) is 2.50. The number of carbonyl (C=O) groups is 1. The first-order chi connectivity index (χ1) is 8.10. The average Bonchev–Trinajstić information content (AvgIpc) is 2.76. The molecule has 0 fully saturated rings. The average molecular weight is 252 g/mol. The zero-order chi connectivity index (χ0) is 12.8. The van der Waals surface area contributed by atoms with Gasteiger partial charge in [-0.1, -0.05) is 0 Å². The maximum Gasteiger partial charge on any atom is 0.273 e. The number of amides is 1. The summed E-state index contributed by atoms with van der Waals surface area (Å²) < 4.78 is 0. The van der Waals surface area contributed by atoms with Gasteiger partial charge in [-0.15, -0.1) is 11.3 Å². The van der Waals surface area contributed by atoms with Gasteiger partial charge in [0.2, 0.25) is 0 Å². The Balaban J connectivity index is 2.71. The molecule has 5 nitrogen and oxygen atoms in total. The van der Waals surface area contributed by atoms with Crippen LogP contribution in [0, 0.1) is 11.3 Å². The summed E-state index contributed by atoms with van der Waals surface area (Å²) in [6.07, 6.45) is 1.01. The standard InChI is InChI=1S/C11H16N4OS/c1-8(3-5-12)15(2)11(16)9-7-17-10(14-9)4-6-13/h7-8H,3-4,6,13H2,1-2H3. The quantitative estimate of drug-likeness (QED) is 0.848. The van der Waals surface area contributed by atoms with Crippen LogP contribution in [0.5, 0.6) is 0 Å². The molecule has 6 heteroatoms. The lowest BCUT2D eigenvalue weighted by Crippen LogP contribution is -2.35. The van der Waals surface area contributed by atoms with E-state index in [0.29, 0.717) is 25.1 Å². The Morgan fingerprint density at radius 3 is 3.06 bits per heavy atom. The molecule has 1 atom stereocenters. The molecule has 0 aliphatic carbocycles. The first-order valence-electron chi connectivity index (χ1n) is 5.38. The van der Waals surface area contributed by atoms with Crippen LogP contribution < -0.4 is 5.73 Å². The second-order valence-corrected chi connectivity index (χ2v) is 4.74.